The molecule has 2 aromatic carbocycles. The number of hydrogen-bond donors (Lipinski definition) is 1. The molecule has 1 saturated heterocycles. The minimum atomic E-state index is -0.111. The average Bonchev–Trinajstić information content (AvgIpc) is 2.77. The molecule has 1 fully saturated rings. The number of carbonyl (C=O) groups excluding carboxylic acids is 1. The zero-order chi connectivity index (χ0) is 20.2. The summed E-state index contributed by atoms with van der Waals surface area (Å²) in [5, 5.41) is 12.3. The first-order valence-electron chi connectivity index (χ1n) is 9.56. The van der Waals surface area contributed by atoms with Crippen LogP contribution in [0.4, 0.5) is 16.3 Å². The molecule has 0 radical (unpaired) electrons. The van der Waals surface area contributed by atoms with Gasteiger partial charge in [-0.25, -0.2) is 4.79 Å². The molecule has 4 rings (SSSR count). The Kier molecular flexibility index (Phi) is 5.62. The normalized spacial score (nSPS) is 14.0. The largest absolute Gasteiger partial charge is 0.352 e. The molecule has 0 aliphatic carbocycles. The number of rotatable bonds is 3. The van der Waals surface area contributed by atoms with Gasteiger partial charge >= 0.3 is 6.03 Å². The van der Waals surface area contributed by atoms with Crippen molar-refractivity contribution in [2.45, 2.75) is 6.92 Å². The van der Waals surface area contributed by atoms with E-state index in [4.69, 9.17) is 11.6 Å². The van der Waals surface area contributed by atoms with Crippen LogP contribution < -0.4 is 10.2 Å². The standard InChI is InChI=1S/C22H22ClN5O/c1-16-7-8-18(23)15-20(16)24-22(29)28-13-11-27(12-14-28)21-10-9-19(25-26-21)17-5-3-2-4-6-17/h2-10,15H,11-14H2,1H3,(H,24,29). The molecule has 6 nitrogen and oxygen atoms in total. The fourth-order valence-corrected chi connectivity index (χ4v) is 3.49. The van der Waals surface area contributed by atoms with Crippen LogP contribution in [0.2, 0.25) is 5.02 Å². The number of halogens is 1. The molecule has 0 saturated carbocycles. The molecule has 1 aromatic heterocycles. The van der Waals surface area contributed by atoms with Crippen molar-refractivity contribution in [2.75, 3.05) is 36.4 Å². The second kappa shape index (κ2) is 8.49. The number of aromatic nitrogens is 2. The topological polar surface area (TPSA) is 61.4 Å². The van der Waals surface area contributed by atoms with Gasteiger partial charge in [0.1, 0.15) is 0 Å². The molecule has 2 heterocycles. The Balaban J connectivity index is 1.35. The number of urea groups is 1. The maximum atomic E-state index is 12.6. The summed E-state index contributed by atoms with van der Waals surface area (Å²) in [7, 11) is 0. The van der Waals surface area contributed by atoms with Gasteiger partial charge in [-0.1, -0.05) is 48.0 Å². The molecule has 29 heavy (non-hydrogen) atoms. The Morgan fingerprint density at radius 1 is 0.966 bits per heavy atom. The highest BCUT2D eigenvalue weighted by atomic mass is 35.5. The number of carbonyl (C=O) groups is 1. The van der Waals surface area contributed by atoms with Gasteiger partial charge in [-0.05, 0) is 36.8 Å². The van der Waals surface area contributed by atoms with Gasteiger partial charge in [0.2, 0.25) is 0 Å². The van der Waals surface area contributed by atoms with Gasteiger partial charge < -0.3 is 15.1 Å². The minimum absolute atomic E-state index is 0.111. The van der Waals surface area contributed by atoms with E-state index in [2.05, 4.69) is 20.4 Å². The zero-order valence-corrected chi connectivity index (χ0v) is 16.9. The van der Waals surface area contributed by atoms with Crippen molar-refractivity contribution in [3.05, 3.63) is 71.2 Å². The van der Waals surface area contributed by atoms with Crippen LogP contribution >= 0.6 is 11.6 Å². The molecular weight excluding hydrogens is 386 g/mol. The SMILES string of the molecule is Cc1ccc(Cl)cc1NC(=O)N1CCN(c2ccc(-c3ccccc3)nn2)CC1. The number of hydrogen-bond acceptors (Lipinski definition) is 4. The highest BCUT2D eigenvalue weighted by molar-refractivity contribution is 6.31. The van der Waals surface area contributed by atoms with Gasteiger partial charge in [-0.15, -0.1) is 10.2 Å². The summed E-state index contributed by atoms with van der Waals surface area (Å²) in [5.74, 6) is 0.829. The van der Waals surface area contributed by atoms with Crippen LogP contribution in [0.15, 0.2) is 60.7 Å². The highest BCUT2D eigenvalue weighted by Crippen LogP contribution is 2.22. The van der Waals surface area contributed by atoms with E-state index in [1.807, 2.05) is 66.4 Å². The molecule has 0 atom stereocenters. The number of benzene rings is 2. The van der Waals surface area contributed by atoms with Gasteiger partial charge in [-0.2, -0.15) is 0 Å². The number of piperazine rings is 1. The van der Waals surface area contributed by atoms with Crippen molar-refractivity contribution < 1.29 is 4.79 Å². The van der Waals surface area contributed by atoms with E-state index in [9.17, 15) is 4.79 Å². The number of aryl methyl sites for hydroxylation is 1. The molecule has 3 aromatic rings. The Hall–Kier alpha value is -3.12. The molecule has 0 unspecified atom stereocenters. The first kappa shape index (κ1) is 19.2. The summed E-state index contributed by atoms with van der Waals surface area (Å²) in [4.78, 5) is 16.6. The van der Waals surface area contributed by atoms with Crippen LogP contribution in [0.25, 0.3) is 11.3 Å². The van der Waals surface area contributed by atoms with Crippen molar-refractivity contribution in [1.82, 2.24) is 15.1 Å². The second-order valence-electron chi connectivity index (χ2n) is 7.01. The summed E-state index contributed by atoms with van der Waals surface area (Å²) in [6.45, 7) is 4.60. The third kappa shape index (κ3) is 4.49. The summed E-state index contributed by atoms with van der Waals surface area (Å²) < 4.78 is 0. The lowest BCUT2D eigenvalue weighted by Gasteiger charge is -2.35. The quantitative estimate of drug-likeness (QED) is 0.696. The third-order valence-corrected chi connectivity index (χ3v) is 5.29. The summed E-state index contributed by atoms with van der Waals surface area (Å²) in [6, 6.07) is 19.3. The molecule has 148 valence electrons. The lowest BCUT2D eigenvalue weighted by atomic mass is 10.1. The van der Waals surface area contributed by atoms with Crippen LogP contribution in [0.3, 0.4) is 0 Å². The minimum Gasteiger partial charge on any atom is -0.352 e. The van der Waals surface area contributed by atoms with Crippen LogP contribution in [0.1, 0.15) is 5.56 Å². The van der Waals surface area contributed by atoms with Crippen molar-refractivity contribution in [3.63, 3.8) is 0 Å². The van der Waals surface area contributed by atoms with E-state index >= 15 is 0 Å². The number of anilines is 2. The molecule has 1 N–H and O–H groups in total. The molecule has 0 bridgehead atoms. The van der Waals surface area contributed by atoms with Gasteiger partial charge in [0.15, 0.2) is 5.82 Å². The first-order chi connectivity index (χ1) is 14.1. The lowest BCUT2D eigenvalue weighted by Crippen LogP contribution is -2.50. The van der Waals surface area contributed by atoms with Crippen molar-refractivity contribution in [1.29, 1.82) is 0 Å². The lowest BCUT2D eigenvalue weighted by molar-refractivity contribution is 0.208. The van der Waals surface area contributed by atoms with E-state index in [0.29, 0.717) is 31.2 Å². The molecule has 1 aliphatic heterocycles. The van der Waals surface area contributed by atoms with Crippen LogP contribution in [-0.4, -0.2) is 47.3 Å². The Labute approximate surface area is 175 Å². The molecule has 1 aliphatic rings. The van der Waals surface area contributed by atoms with Crippen LogP contribution in [-0.2, 0) is 0 Å². The fourth-order valence-electron chi connectivity index (χ4n) is 3.32. The van der Waals surface area contributed by atoms with Crippen molar-refractivity contribution >= 4 is 29.1 Å². The van der Waals surface area contributed by atoms with Crippen LogP contribution in [0, 0.1) is 6.92 Å². The third-order valence-electron chi connectivity index (χ3n) is 5.05. The maximum Gasteiger partial charge on any atom is 0.321 e. The first-order valence-corrected chi connectivity index (χ1v) is 9.94. The van der Waals surface area contributed by atoms with Gasteiger partial charge in [-0.3, -0.25) is 0 Å². The van der Waals surface area contributed by atoms with E-state index in [1.165, 1.54) is 0 Å². The van der Waals surface area contributed by atoms with Gasteiger partial charge in [0, 0.05) is 42.5 Å². The smallest absolute Gasteiger partial charge is 0.321 e. The molecule has 7 heteroatoms. The highest BCUT2D eigenvalue weighted by Gasteiger charge is 2.22. The van der Waals surface area contributed by atoms with E-state index in [-0.39, 0.29) is 6.03 Å². The van der Waals surface area contributed by atoms with Gasteiger partial charge in [0.05, 0.1) is 5.69 Å². The number of nitrogens with one attached hydrogen (secondary N) is 1. The molecular formula is C22H22ClN5O. The second-order valence-corrected chi connectivity index (χ2v) is 7.44. The van der Waals surface area contributed by atoms with E-state index in [1.54, 1.807) is 6.07 Å². The fraction of sp³-hybridized carbons (Fsp3) is 0.227. The summed E-state index contributed by atoms with van der Waals surface area (Å²) in [5.41, 5.74) is 3.62. The Morgan fingerprint density at radius 3 is 2.41 bits per heavy atom. The summed E-state index contributed by atoms with van der Waals surface area (Å²) >= 11 is 6.04. The summed E-state index contributed by atoms with van der Waals surface area (Å²) in [6.07, 6.45) is 0. The molecule has 2 amide bonds. The predicted molar refractivity (Wildman–Crippen MR) is 116 cm³/mol. The Morgan fingerprint density at radius 2 is 1.72 bits per heavy atom. The van der Waals surface area contributed by atoms with E-state index in [0.717, 1.165) is 28.3 Å². The molecule has 0 spiro atoms. The predicted octanol–water partition coefficient (Wildman–Crippen LogP) is 4.46. The van der Waals surface area contributed by atoms with E-state index < -0.39 is 0 Å². The van der Waals surface area contributed by atoms with Crippen LogP contribution in [0.5, 0.6) is 0 Å². The van der Waals surface area contributed by atoms with Gasteiger partial charge in [0.25, 0.3) is 0 Å². The number of amides is 2. The number of nitrogens with zero attached hydrogens (tertiary/aromatic N) is 4. The maximum absolute atomic E-state index is 12.6. The zero-order valence-electron chi connectivity index (χ0n) is 16.2. The van der Waals surface area contributed by atoms with Crippen molar-refractivity contribution in [2.24, 2.45) is 0 Å². The van der Waals surface area contributed by atoms with Crippen molar-refractivity contribution in [3.8, 4) is 11.3 Å². The average molecular weight is 408 g/mol. The monoisotopic (exact) mass is 407 g/mol. The Bertz CT molecular complexity index is 986.